The van der Waals surface area contributed by atoms with Gasteiger partial charge in [0.1, 0.15) is 0 Å². The Balaban J connectivity index is 2.66. The molecule has 0 aliphatic rings. The summed E-state index contributed by atoms with van der Waals surface area (Å²) in [4.78, 5) is 25.6. The Morgan fingerprint density at radius 1 is 1.12 bits per heavy atom. The molecule has 1 rings (SSSR count). The van der Waals surface area contributed by atoms with Crippen molar-refractivity contribution in [3.63, 3.8) is 0 Å². The SMILES string of the molecule is CCC(CC)C(=O)NCCN(Cc1ccc(OC)c(OC)c1)C(C)=O. The molecule has 0 aliphatic carbocycles. The first kappa shape index (κ1) is 20.8. The lowest BCUT2D eigenvalue weighted by Gasteiger charge is -2.22. The summed E-state index contributed by atoms with van der Waals surface area (Å²) >= 11 is 0. The highest BCUT2D eigenvalue weighted by Gasteiger charge is 2.15. The Labute approximate surface area is 150 Å². The Kier molecular flexibility index (Phi) is 8.81. The van der Waals surface area contributed by atoms with Crippen molar-refractivity contribution in [2.45, 2.75) is 40.2 Å². The van der Waals surface area contributed by atoms with Crippen LogP contribution in [-0.4, -0.2) is 44.0 Å². The number of nitrogens with one attached hydrogen (secondary N) is 1. The van der Waals surface area contributed by atoms with E-state index in [1.165, 1.54) is 6.92 Å². The maximum absolute atomic E-state index is 12.0. The lowest BCUT2D eigenvalue weighted by molar-refractivity contribution is -0.130. The first-order valence-corrected chi connectivity index (χ1v) is 8.70. The summed E-state index contributed by atoms with van der Waals surface area (Å²) in [6.45, 7) is 6.91. The van der Waals surface area contributed by atoms with Crippen LogP contribution in [-0.2, 0) is 16.1 Å². The van der Waals surface area contributed by atoms with Gasteiger partial charge in [0, 0.05) is 32.5 Å². The van der Waals surface area contributed by atoms with Crippen LogP contribution in [0.25, 0.3) is 0 Å². The molecule has 6 heteroatoms. The van der Waals surface area contributed by atoms with E-state index in [1.54, 1.807) is 19.1 Å². The van der Waals surface area contributed by atoms with E-state index < -0.39 is 0 Å². The molecule has 0 saturated carbocycles. The number of methoxy groups -OCH3 is 2. The van der Waals surface area contributed by atoms with Gasteiger partial charge in [0.15, 0.2) is 11.5 Å². The summed E-state index contributed by atoms with van der Waals surface area (Å²) in [6.07, 6.45) is 1.65. The predicted molar refractivity (Wildman–Crippen MR) is 97.7 cm³/mol. The second-order valence-corrected chi connectivity index (χ2v) is 5.93. The molecular weight excluding hydrogens is 320 g/mol. The number of hydrogen-bond donors (Lipinski definition) is 1. The topological polar surface area (TPSA) is 67.9 Å². The van der Waals surface area contributed by atoms with Gasteiger partial charge in [-0.1, -0.05) is 19.9 Å². The first-order chi connectivity index (χ1) is 12.0. The largest absolute Gasteiger partial charge is 0.493 e. The van der Waals surface area contributed by atoms with Crippen molar-refractivity contribution in [1.82, 2.24) is 10.2 Å². The number of ether oxygens (including phenoxy) is 2. The van der Waals surface area contributed by atoms with Crippen LogP contribution in [0.4, 0.5) is 0 Å². The molecule has 0 radical (unpaired) electrons. The van der Waals surface area contributed by atoms with Crippen LogP contribution in [0.3, 0.4) is 0 Å². The number of carbonyl (C=O) groups excluding carboxylic acids is 2. The van der Waals surface area contributed by atoms with Gasteiger partial charge in [-0.2, -0.15) is 0 Å². The van der Waals surface area contributed by atoms with E-state index in [2.05, 4.69) is 5.32 Å². The normalized spacial score (nSPS) is 10.5. The minimum atomic E-state index is -0.0356. The lowest BCUT2D eigenvalue weighted by atomic mass is 10.0. The number of amides is 2. The number of benzene rings is 1. The summed E-state index contributed by atoms with van der Waals surface area (Å²) in [7, 11) is 3.17. The maximum atomic E-state index is 12.0. The van der Waals surface area contributed by atoms with Gasteiger partial charge in [0.2, 0.25) is 11.8 Å². The number of nitrogens with zero attached hydrogens (tertiary/aromatic N) is 1. The smallest absolute Gasteiger partial charge is 0.223 e. The maximum Gasteiger partial charge on any atom is 0.223 e. The van der Waals surface area contributed by atoms with E-state index >= 15 is 0 Å². The number of rotatable bonds is 10. The van der Waals surface area contributed by atoms with Gasteiger partial charge in [-0.15, -0.1) is 0 Å². The second-order valence-electron chi connectivity index (χ2n) is 5.93. The molecule has 1 aromatic carbocycles. The summed E-state index contributed by atoms with van der Waals surface area (Å²) in [5.74, 6) is 1.34. The quantitative estimate of drug-likeness (QED) is 0.704. The second kappa shape index (κ2) is 10.6. The van der Waals surface area contributed by atoms with E-state index in [9.17, 15) is 9.59 Å². The highest BCUT2D eigenvalue weighted by atomic mass is 16.5. The lowest BCUT2D eigenvalue weighted by Crippen LogP contribution is -2.39. The summed E-state index contributed by atoms with van der Waals surface area (Å²) in [5, 5.41) is 2.92. The molecule has 0 saturated heterocycles. The van der Waals surface area contributed by atoms with E-state index in [0.717, 1.165) is 18.4 Å². The number of carbonyl (C=O) groups is 2. The molecule has 0 aliphatic heterocycles. The molecular formula is C19H30N2O4. The molecule has 0 spiro atoms. The van der Waals surface area contributed by atoms with Gasteiger partial charge in [-0.05, 0) is 30.5 Å². The van der Waals surface area contributed by atoms with Gasteiger partial charge in [0.05, 0.1) is 14.2 Å². The highest BCUT2D eigenvalue weighted by Crippen LogP contribution is 2.28. The monoisotopic (exact) mass is 350 g/mol. The van der Waals surface area contributed by atoms with Crippen LogP contribution < -0.4 is 14.8 Å². The van der Waals surface area contributed by atoms with Crippen LogP contribution >= 0.6 is 0 Å². The molecule has 0 fully saturated rings. The molecule has 1 aromatic rings. The van der Waals surface area contributed by atoms with Crippen LogP contribution in [0.5, 0.6) is 11.5 Å². The third-order valence-electron chi connectivity index (χ3n) is 4.30. The molecule has 0 aromatic heterocycles. The molecule has 0 bridgehead atoms. The van der Waals surface area contributed by atoms with Gasteiger partial charge >= 0.3 is 0 Å². The zero-order chi connectivity index (χ0) is 18.8. The van der Waals surface area contributed by atoms with Gasteiger partial charge in [-0.3, -0.25) is 9.59 Å². The van der Waals surface area contributed by atoms with Crippen molar-refractivity contribution in [3.05, 3.63) is 23.8 Å². The van der Waals surface area contributed by atoms with Crippen molar-refractivity contribution in [3.8, 4) is 11.5 Å². The Morgan fingerprint density at radius 2 is 1.76 bits per heavy atom. The van der Waals surface area contributed by atoms with Crippen LogP contribution in [0.15, 0.2) is 18.2 Å². The van der Waals surface area contributed by atoms with Gasteiger partial charge in [-0.25, -0.2) is 0 Å². The molecule has 0 atom stereocenters. The van der Waals surface area contributed by atoms with Gasteiger partial charge < -0.3 is 19.7 Å². The van der Waals surface area contributed by atoms with Crippen molar-refractivity contribution >= 4 is 11.8 Å². The van der Waals surface area contributed by atoms with Crippen molar-refractivity contribution in [2.24, 2.45) is 5.92 Å². The zero-order valence-corrected chi connectivity index (χ0v) is 15.9. The summed E-state index contributed by atoms with van der Waals surface area (Å²) < 4.78 is 10.5. The molecule has 2 amide bonds. The van der Waals surface area contributed by atoms with Crippen molar-refractivity contribution < 1.29 is 19.1 Å². The fourth-order valence-electron chi connectivity index (χ4n) is 2.67. The fourth-order valence-corrected chi connectivity index (χ4v) is 2.67. The van der Waals surface area contributed by atoms with Crippen molar-refractivity contribution in [2.75, 3.05) is 27.3 Å². The fraction of sp³-hybridized carbons (Fsp3) is 0.579. The van der Waals surface area contributed by atoms with Crippen LogP contribution in [0.1, 0.15) is 39.2 Å². The summed E-state index contributed by atoms with van der Waals surface area (Å²) in [5.41, 5.74) is 0.944. The minimum absolute atomic E-state index is 0.0356. The molecule has 0 heterocycles. The highest BCUT2D eigenvalue weighted by molar-refractivity contribution is 5.78. The van der Waals surface area contributed by atoms with Crippen LogP contribution in [0.2, 0.25) is 0 Å². The average molecular weight is 350 g/mol. The van der Waals surface area contributed by atoms with E-state index in [-0.39, 0.29) is 17.7 Å². The first-order valence-electron chi connectivity index (χ1n) is 8.70. The van der Waals surface area contributed by atoms with E-state index in [1.807, 2.05) is 32.0 Å². The Bertz CT molecular complexity index is 571. The molecule has 0 unspecified atom stereocenters. The molecule has 25 heavy (non-hydrogen) atoms. The Hall–Kier alpha value is -2.24. The van der Waals surface area contributed by atoms with Crippen molar-refractivity contribution in [1.29, 1.82) is 0 Å². The van der Waals surface area contributed by atoms with Crippen LogP contribution in [0, 0.1) is 5.92 Å². The standard InChI is InChI=1S/C19H30N2O4/c1-6-16(7-2)19(23)20-10-11-21(14(3)22)13-15-8-9-17(24-4)18(12-15)25-5/h8-9,12,16H,6-7,10-11,13H2,1-5H3,(H,20,23). The predicted octanol–water partition coefficient (Wildman–Crippen LogP) is 2.60. The minimum Gasteiger partial charge on any atom is -0.493 e. The molecule has 6 nitrogen and oxygen atoms in total. The van der Waals surface area contributed by atoms with E-state index in [0.29, 0.717) is 31.1 Å². The Morgan fingerprint density at radius 3 is 2.28 bits per heavy atom. The summed E-state index contributed by atoms with van der Waals surface area (Å²) in [6, 6.07) is 5.58. The molecule has 140 valence electrons. The third-order valence-corrected chi connectivity index (χ3v) is 4.30. The van der Waals surface area contributed by atoms with E-state index in [4.69, 9.17) is 9.47 Å². The third kappa shape index (κ3) is 6.29. The zero-order valence-electron chi connectivity index (χ0n) is 15.9. The number of hydrogen-bond acceptors (Lipinski definition) is 4. The average Bonchev–Trinajstić information content (AvgIpc) is 2.61. The van der Waals surface area contributed by atoms with Gasteiger partial charge in [0.25, 0.3) is 0 Å². The molecule has 1 N–H and O–H groups in total.